The molecule has 0 spiro atoms. The molecule has 0 fully saturated rings. The molecule has 6 nitrogen and oxygen atoms in total. The fraction of sp³-hybridized carbons (Fsp3) is 0.227. The predicted octanol–water partition coefficient (Wildman–Crippen LogP) is 4.66. The molecule has 31 heavy (non-hydrogen) atoms. The minimum atomic E-state index is -0.270. The van der Waals surface area contributed by atoms with E-state index in [-0.39, 0.29) is 11.9 Å². The van der Waals surface area contributed by atoms with E-state index < -0.39 is 0 Å². The van der Waals surface area contributed by atoms with Gasteiger partial charge in [-0.05, 0) is 61.8 Å². The number of fused-ring (bicyclic) bond motifs is 1. The van der Waals surface area contributed by atoms with E-state index in [1.807, 2.05) is 19.1 Å². The van der Waals surface area contributed by atoms with Crippen molar-refractivity contribution < 1.29 is 4.39 Å². The van der Waals surface area contributed by atoms with Crippen molar-refractivity contribution in [2.45, 2.75) is 26.4 Å². The summed E-state index contributed by atoms with van der Waals surface area (Å²) in [5, 5.41) is 0.806. The van der Waals surface area contributed by atoms with Crippen LogP contribution in [0.1, 0.15) is 30.0 Å². The maximum Gasteiger partial charge on any atom is 0.179 e. The van der Waals surface area contributed by atoms with Gasteiger partial charge in [0.2, 0.25) is 0 Å². The van der Waals surface area contributed by atoms with Crippen molar-refractivity contribution in [3.05, 3.63) is 71.7 Å². The standard InChI is InChI=1S/C22H19FN6S2/c1-13-19-18(15-7-9-24-10-8-15)26-20(21-25-14(2)27-31-21)29(19)12-11-28(13)22(30)16-3-5-17(23)6-4-16/h3-10,13H,11-12H2,1-2H3/t13-/m1/s1. The summed E-state index contributed by atoms with van der Waals surface area (Å²) in [6, 6.07) is 10.2. The van der Waals surface area contributed by atoms with Crippen LogP contribution in [-0.4, -0.2) is 40.3 Å². The Hall–Kier alpha value is -3.04. The second-order valence-electron chi connectivity index (χ2n) is 7.38. The monoisotopic (exact) mass is 450 g/mol. The molecule has 0 amide bonds. The molecule has 1 aliphatic rings. The Bertz CT molecular complexity index is 1250. The van der Waals surface area contributed by atoms with Gasteiger partial charge in [-0.3, -0.25) is 4.98 Å². The Morgan fingerprint density at radius 1 is 1.10 bits per heavy atom. The number of hydrogen-bond acceptors (Lipinski definition) is 6. The molecule has 5 rings (SSSR count). The summed E-state index contributed by atoms with van der Waals surface area (Å²) in [5.41, 5.74) is 3.79. The van der Waals surface area contributed by atoms with Gasteiger partial charge in [0.15, 0.2) is 10.8 Å². The Balaban J connectivity index is 1.61. The Morgan fingerprint density at radius 2 is 1.84 bits per heavy atom. The van der Waals surface area contributed by atoms with E-state index in [9.17, 15) is 4.39 Å². The van der Waals surface area contributed by atoms with Gasteiger partial charge >= 0.3 is 0 Å². The molecule has 4 heterocycles. The van der Waals surface area contributed by atoms with Crippen LogP contribution in [0.2, 0.25) is 0 Å². The Morgan fingerprint density at radius 3 is 2.52 bits per heavy atom. The van der Waals surface area contributed by atoms with E-state index in [0.29, 0.717) is 11.5 Å². The number of aromatic nitrogens is 5. The summed E-state index contributed by atoms with van der Waals surface area (Å²) in [7, 11) is 0. The maximum absolute atomic E-state index is 13.4. The first-order valence-electron chi connectivity index (χ1n) is 9.91. The number of halogens is 1. The van der Waals surface area contributed by atoms with E-state index in [2.05, 4.69) is 30.7 Å². The highest BCUT2D eigenvalue weighted by Gasteiger charge is 2.33. The van der Waals surface area contributed by atoms with Crippen LogP contribution in [0.25, 0.3) is 22.1 Å². The van der Waals surface area contributed by atoms with E-state index in [4.69, 9.17) is 17.2 Å². The highest BCUT2D eigenvalue weighted by molar-refractivity contribution is 7.80. The average molecular weight is 451 g/mol. The lowest BCUT2D eigenvalue weighted by Gasteiger charge is -2.37. The summed E-state index contributed by atoms with van der Waals surface area (Å²) < 4.78 is 20.0. The van der Waals surface area contributed by atoms with Crippen LogP contribution < -0.4 is 0 Å². The number of hydrogen-bond donors (Lipinski definition) is 0. The van der Waals surface area contributed by atoms with Gasteiger partial charge in [0.25, 0.3) is 0 Å². The van der Waals surface area contributed by atoms with Gasteiger partial charge in [0.05, 0.1) is 17.4 Å². The van der Waals surface area contributed by atoms with Crippen molar-refractivity contribution in [1.82, 2.24) is 28.8 Å². The van der Waals surface area contributed by atoms with E-state index >= 15 is 0 Å². The molecule has 9 heteroatoms. The van der Waals surface area contributed by atoms with E-state index in [1.165, 1.54) is 23.7 Å². The summed E-state index contributed by atoms with van der Waals surface area (Å²) in [5.74, 6) is 1.30. The average Bonchev–Trinajstić information content (AvgIpc) is 3.39. The third kappa shape index (κ3) is 3.53. The molecule has 1 aliphatic heterocycles. The van der Waals surface area contributed by atoms with Crippen LogP contribution >= 0.6 is 23.8 Å². The van der Waals surface area contributed by atoms with Crippen LogP contribution in [-0.2, 0) is 6.54 Å². The van der Waals surface area contributed by atoms with Gasteiger partial charge in [0.1, 0.15) is 16.6 Å². The summed E-state index contributed by atoms with van der Waals surface area (Å²) in [6.07, 6.45) is 3.54. The normalized spacial score (nSPS) is 15.7. The first-order chi connectivity index (χ1) is 15.0. The molecule has 0 N–H and O–H groups in total. The first kappa shape index (κ1) is 19.9. The van der Waals surface area contributed by atoms with E-state index in [1.54, 1.807) is 24.5 Å². The predicted molar refractivity (Wildman–Crippen MR) is 122 cm³/mol. The molecule has 156 valence electrons. The molecule has 4 aromatic rings. The largest absolute Gasteiger partial charge is 0.352 e. The third-order valence-electron chi connectivity index (χ3n) is 5.46. The van der Waals surface area contributed by atoms with Crippen molar-refractivity contribution >= 4 is 28.7 Å². The summed E-state index contributed by atoms with van der Waals surface area (Å²) in [6.45, 7) is 5.45. The smallest absolute Gasteiger partial charge is 0.179 e. The second-order valence-corrected chi connectivity index (χ2v) is 8.52. The number of benzene rings is 1. The van der Waals surface area contributed by atoms with E-state index in [0.717, 1.165) is 45.7 Å². The number of nitrogens with zero attached hydrogens (tertiary/aromatic N) is 6. The number of aryl methyl sites for hydroxylation is 1. The molecule has 0 unspecified atom stereocenters. The minimum absolute atomic E-state index is 0.0234. The van der Waals surface area contributed by atoms with Crippen LogP contribution in [0.4, 0.5) is 4.39 Å². The van der Waals surface area contributed by atoms with Crippen molar-refractivity contribution in [3.63, 3.8) is 0 Å². The van der Waals surface area contributed by atoms with Gasteiger partial charge in [-0.1, -0.05) is 12.2 Å². The molecule has 0 saturated heterocycles. The zero-order chi connectivity index (χ0) is 21.5. The number of rotatable bonds is 3. The molecule has 0 bridgehead atoms. The molecular weight excluding hydrogens is 431 g/mol. The zero-order valence-electron chi connectivity index (χ0n) is 17.0. The summed E-state index contributed by atoms with van der Waals surface area (Å²) >= 11 is 7.16. The van der Waals surface area contributed by atoms with Gasteiger partial charge in [-0.25, -0.2) is 14.4 Å². The molecule has 1 atom stereocenters. The molecule has 0 radical (unpaired) electrons. The van der Waals surface area contributed by atoms with Crippen LogP contribution in [0.15, 0.2) is 48.8 Å². The number of pyridine rings is 1. The Kier molecular flexibility index (Phi) is 5.07. The summed E-state index contributed by atoms with van der Waals surface area (Å²) in [4.78, 5) is 16.6. The van der Waals surface area contributed by atoms with Crippen molar-refractivity contribution in [2.75, 3.05) is 6.54 Å². The maximum atomic E-state index is 13.4. The first-order valence-corrected chi connectivity index (χ1v) is 11.1. The van der Waals surface area contributed by atoms with Gasteiger partial charge < -0.3 is 9.47 Å². The fourth-order valence-electron chi connectivity index (χ4n) is 3.97. The fourth-order valence-corrected chi connectivity index (χ4v) is 5.03. The van der Waals surface area contributed by atoms with Crippen LogP contribution in [0, 0.1) is 12.7 Å². The minimum Gasteiger partial charge on any atom is -0.352 e. The highest BCUT2D eigenvalue weighted by atomic mass is 32.1. The lowest BCUT2D eigenvalue weighted by Crippen LogP contribution is -2.40. The quantitative estimate of drug-likeness (QED) is 0.423. The number of thiocarbonyl (C=S) groups is 1. The van der Waals surface area contributed by atoms with Crippen LogP contribution in [0.3, 0.4) is 0 Å². The Labute approximate surface area is 188 Å². The SMILES string of the molecule is Cc1nsc(-c2nc(-c3ccncc3)c3n2CCN(C(=S)c2ccc(F)cc2)[C@@H]3C)n1. The molecule has 1 aromatic carbocycles. The topological polar surface area (TPSA) is 59.7 Å². The third-order valence-corrected chi connectivity index (χ3v) is 6.73. The number of imidazole rings is 1. The highest BCUT2D eigenvalue weighted by Crippen LogP contribution is 2.38. The van der Waals surface area contributed by atoms with Crippen LogP contribution in [0.5, 0.6) is 0 Å². The van der Waals surface area contributed by atoms with Gasteiger partial charge in [0, 0.05) is 36.6 Å². The van der Waals surface area contributed by atoms with Crippen molar-refractivity contribution in [1.29, 1.82) is 0 Å². The van der Waals surface area contributed by atoms with Crippen molar-refractivity contribution in [2.24, 2.45) is 0 Å². The van der Waals surface area contributed by atoms with Crippen molar-refractivity contribution in [3.8, 4) is 22.1 Å². The lowest BCUT2D eigenvalue weighted by molar-refractivity contribution is 0.279. The molecule has 3 aromatic heterocycles. The molecule has 0 aliphatic carbocycles. The van der Waals surface area contributed by atoms with Gasteiger partial charge in [-0.15, -0.1) is 0 Å². The zero-order valence-corrected chi connectivity index (χ0v) is 18.6. The second kappa shape index (κ2) is 7.90. The lowest BCUT2D eigenvalue weighted by atomic mass is 10.0. The van der Waals surface area contributed by atoms with Gasteiger partial charge in [-0.2, -0.15) is 4.37 Å². The molecular formula is C22H19FN6S2. The molecule has 0 saturated carbocycles.